The molecule has 0 radical (unpaired) electrons. The molecule has 8 heteroatoms. The van der Waals surface area contributed by atoms with Gasteiger partial charge in [-0.1, -0.05) is 12.8 Å². The molecule has 136 valence electrons. The van der Waals surface area contributed by atoms with Crippen LogP contribution in [0.4, 0.5) is 11.6 Å². The highest BCUT2D eigenvalue weighted by atomic mass is 16.5. The Hall–Kier alpha value is -3.03. The maximum absolute atomic E-state index is 12.5. The van der Waals surface area contributed by atoms with Crippen molar-refractivity contribution in [3.63, 3.8) is 0 Å². The first kappa shape index (κ1) is 16.4. The summed E-state index contributed by atoms with van der Waals surface area (Å²) in [4.78, 5) is 19.8. The zero-order chi connectivity index (χ0) is 18.1. The van der Waals surface area contributed by atoms with Crippen molar-refractivity contribution in [1.29, 1.82) is 0 Å². The highest BCUT2D eigenvalue weighted by molar-refractivity contribution is 5.76. The smallest absolute Gasteiger partial charge is 0.263 e. The Labute approximate surface area is 150 Å². The van der Waals surface area contributed by atoms with Crippen LogP contribution >= 0.6 is 0 Å². The highest BCUT2D eigenvalue weighted by Gasteiger charge is 2.21. The number of anilines is 2. The van der Waals surface area contributed by atoms with Crippen molar-refractivity contribution in [1.82, 2.24) is 19.7 Å². The van der Waals surface area contributed by atoms with Crippen molar-refractivity contribution in [3.05, 3.63) is 34.7 Å². The molecule has 1 aliphatic rings. The van der Waals surface area contributed by atoms with Gasteiger partial charge in [0.1, 0.15) is 16.9 Å². The largest absolute Gasteiger partial charge is 0.497 e. The molecule has 1 aliphatic carbocycles. The average molecular weight is 355 g/mol. The minimum Gasteiger partial charge on any atom is -0.497 e. The van der Waals surface area contributed by atoms with Crippen LogP contribution in [0.1, 0.15) is 31.7 Å². The van der Waals surface area contributed by atoms with Gasteiger partial charge in [-0.15, -0.1) is 0 Å². The Morgan fingerprint density at radius 1 is 1.23 bits per heavy atom. The second-order valence-corrected chi connectivity index (χ2v) is 6.37. The van der Waals surface area contributed by atoms with Gasteiger partial charge in [-0.3, -0.25) is 9.78 Å². The number of nitrogens with zero attached hydrogens (tertiary/aromatic N) is 3. The maximum Gasteiger partial charge on any atom is 0.263 e. The third kappa shape index (κ3) is 2.87. The van der Waals surface area contributed by atoms with E-state index >= 15 is 0 Å². The van der Waals surface area contributed by atoms with Crippen molar-refractivity contribution < 1.29 is 9.47 Å². The molecule has 26 heavy (non-hydrogen) atoms. The second kappa shape index (κ2) is 6.70. The van der Waals surface area contributed by atoms with Gasteiger partial charge in [-0.2, -0.15) is 10.1 Å². The fourth-order valence-electron chi connectivity index (χ4n) is 3.45. The molecule has 1 aromatic carbocycles. The molecule has 2 heterocycles. The molecule has 1 fully saturated rings. The predicted octanol–water partition coefficient (Wildman–Crippen LogP) is 3.00. The van der Waals surface area contributed by atoms with E-state index in [0.29, 0.717) is 40.2 Å². The highest BCUT2D eigenvalue weighted by Crippen LogP contribution is 2.32. The van der Waals surface area contributed by atoms with E-state index in [9.17, 15) is 4.79 Å². The zero-order valence-electron chi connectivity index (χ0n) is 14.8. The van der Waals surface area contributed by atoms with Crippen molar-refractivity contribution in [2.24, 2.45) is 0 Å². The van der Waals surface area contributed by atoms with Crippen LogP contribution in [-0.2, 0) is 0 Å². The number of hydrogen-bond donors (Lipinski definition) is 2. The molecule has 8 nitrogen and oxygen atoms in total. The number of rotatable bonds is 5. The lowest BCUT2D eigenvalue weighted by Gasteiger charge is -2.13. The summed E-state index contributed by atoms with van der Waals surface area (Å²) >= 11 is 0. The first-order chi connectivity index (χ1) is 12.7. The lowest BCUT2D eigenvalue weighted by molar-refractivity contribution is 0.405. The Bertz CT molecular complexity index is 988. The molecular formula is C18H21N5O3. The number of aromatic nitrogens is 4. The number of nitrogens with one attached hydrogen (secondary N) is 2. The van der Waals surface area contributed by atoms with Gasteiger partial charge < -0.3 is 14.8 Å². The fraction of sp³-hybridized carbons (Fsp3) is 0.389. The number of benzene rings is 1. The summed E-state index contributed by atoms with van der Waals surface area (Å²) in [5.41, 5.74) is 1.04. The Morgan fingerprint density at radius 3 is 2.77 bits per heavy atom. The molecule has 4 rings (SSSR count). The van der Waals surface area contributed by atoms with Crippen LogP contribution in [0.5, 0.6) is 11.5 Å². The standard InChI is InChI=1S/C18H21N5O3/c1-25-12-7-8-15(26-2)14(9-12)20-18-21-16-13(17(24)22-18)10-19-23(16)11-5-3-4-6-11/h7-11H,3-6H2,1-2H3,(H2,20,21,22,24). The molecule has 0 atom stereocenters. The normalized spacial score (nSPS) is 14.7. The van der Waals surface area contributed by atoms with E-state index in [1.54, 1.807) is 38.6 Å². The van der Waals surface area contributed by atoms with Crippen LogP contribution in [0.2, 0.25) is 0 Å². The van der Waals surface area contributed by atoms with Gasteiger partial charge in [0.15, 0.2) is 5.65 Å². The minimum absolute atomic E-state index is 0.219. The molecular weight excluding hydrogens is 334 g/mol. The number of H-pyrrole nitrogens is 1. The summed E-state index contributed by atoms with van der Waals surface area (Å²) in [6.07, 6.45) is 6.09. The van der Waals surface area contributed by atoms with Gasteiger partial charge in [-0.25, -0.2) is 4.68 Å². The summed E-state index contributed by atoms with van der Waals surface area (Å²) in [6, 6.07) is 5.69. The predicted molar refractivity (Wildman–Crippen MR) is 98.5 cm³/mol. The third-order valence-electron chi connectivity index (χ3n) is 4.79. The number of ether oxygens (including phenoxy) is 2. The van der Waals surface area contributed by atoms with E-state index in [1.807, 2.05) is 4.68 Å². The van der Waals surface area contributed by atoms with Crippen LogP contribution in [0.15, 0.2) is 29.2 Å². The lowest BCUT2D eigenvalue weighted by Crippen LogP contribution is -2.14. The molecule has 2 aromatic heterocycles. The van der Waals surface area contributed by atoms with Gasteiger partial charge in [0.05, 0.1) is 32.1 Å². The number of fused-ring (bicyclic) bond motifs is 1. The average Bonchev–Trinajstić information content (AvgIpc) is 3.31. The summed E-state index contributed by atoms with van der Waals surface area (Å²) in [5.74, 6) is 1.64. The fourth-order valence-corrected chi connectivity index (χ4v) is 3.45. The SMILES string of the molecule is COc1ccc(OC)c(Nc2nc3c(cnn3C3CCCC3)c(=O)[nH]2)c1. The Morgan fingerprint density at radius 2 is 2.04 bits per heavy atom. The van der Waals surface area contributed by atoms with Crippen LogP contribution in [0.3, 0.4) is 0 Å². The van der Waals surface area contributed by atoms with E-state index in [-0.39, 0.29) is 5.56 Å². The summed E-state index contributed by atoms with van der Waals surface area (Å²) in [7, 11) is 3.18. The van der Waals surface area contributed by atoms with Gasteiger partial charge in [-0.05, 0) is 25.0 Å². The first-order valence-corrected chi connectivity index (χ1v) is 8.66. The number of methoxy groups -OCH3 is 2. The zero-order valence-corrected chi connectivity index (χ0v) is 14.8. The van der Waals surface area contributed by atoms with E-state index in [2.05, 4.69) is 20.4 Å². The Kier molecular flexibility index (Phi) is 4.24. The van der Waals surface area contributed by atoms with Gasteiger partial charge in [0.2, 0.25) is 5.95 Å². The lowest BCUT2D eigenvalue weighted by atomic mass is 10.2. The molecule has 3 aromatic rings. The summed E-state index contributed by atoms with van der Waals surface area (Å²) < 4.78 is 12.5. The quantitative estimate of drug-likeness (QED) is 0.731. The minimum atomic E-state index is -0.219. The molecule has 0 amide bonds. The summed E-state index contributed by atoms with van der Waals surface area (Å²) in [6.45, 7) is 0. The van der Waals surface area contributed by atoms with Crippen molar-refractivity contribution >= 4 is 22.7 Å². The van der Waals surface area contributed by atoms with Gasteiger partial charge in [0, 0.05) is 6.07 Å². The first-order valence-electron chi connectivity index (χ1n) is 8.66. The van der Waals surface area contributed by atoms with Gasteiger partial charge >= 0.3 is 0 Å². The number of hydrogen-bond acceptors (Lipinski definition) is 6. The van der Waals surface area contributed by atoms with Gasteiger partial charge in [0.25, 0.3) is 5.56 Å². The van der Waals surface area contributed by atoms with Crippen molar-refractivity contribution in [2.45, 2.75) is 31.7 Å². The third-order valence-corrected chi connectivity index (χ3v) is 4.79. The summed E-state index contributed by atoms with van der Waals surface area (Å²) in [5, 5.41) is 8.04. The monoisotopic (exact) mass is 355 g/mol. The topological polar surface area (TPSA) is 94.1 Å². The molecule has 0 aliphatic heterocycles. The molecule has 2 N–H and O–H groups in total. The molecule has 0 saturated heterocycles. The molecule has 0 bridgehead atoms. The molecule has 0 spiro atoms. The van der Waals surface area contributed by atoms with Crippen LogP contribution in [0, 0.1) is 0 Å². The van der Waals surface area contributed by atoms with E-state index in [0.717, 1.165) is 12.8 Å². The van der Waals surface area contributed by atoms with E-state index in [1.165, 1.54) is 12.8 Å². The van der Waals surface area contributed by atoms with E-state index in [4.69, 9.17) is 9.47 Å². The van der Waals surface area contributed by atoms with Crippen molar-refractivity contribution in [2.75, 3.05) is 19.5 Å². The van der Waals surface area contributed by atoms with Crippen LogP contribution < -0.4 is 20.3 Å². The second-order valence-electron chi connectivity index (χ2n) is 6.37. The van der Waals surface area contributed by atoms with Crippen LogP contribution in [-0.4, -0.2) is 34.0 Å². The van der Waals surface area contributed by atoms with Crippen LogP contribution in [0.25, 0.3) is 11.0 Å². The molecule has 0 unspecified atom stereocenters. The Balaban J connectivity index is 1.75. The van der Waals surface area contributed by atoms with Crippen molar-refractivity contribution in [3.8, 4) is 11.5 Å². The maximum atomic E-state index is 12.5. The molecule has 1 saturated carbocycles. The number of aromatic amines is 1. The van der Waals surface area contributed by atoms with E-state index < -0.39 is 0 Å².